The fourth-order valence-electron chi connectivity index (χ4n) is 3.16. The van der Waals surface area contributed by atoms with Gasteiger partial charge in [-0.3, -0.25) is 4.79 Å². The summed E-state index contributed by atoms with van der Waals surface area (Å²) in [5, 5.41) is 13.9. The van der Waals surface area contributed by atoms with Crippen molar-refractivity contribution in [2.24, 2.45) is 11.0 Å². The van der Waals surface area contributed by atoms with Gasteiger partial charge in [-0.05, 0) is 69.2 Å². The van der Waals surface area contributed by atoms with Crippen molar-refractivity contribution in [1.29, 1.82) is 0 Å². The second-order valence-corrected chi connectivity index (χ2v) is 9.27. The van der Waals surface area contributed by atoms with Gasteiger partial charge < -0.3 is 9.84 Å². The number of carbonyl (C=O) groups is 1. The van der Waals surface area contributed by atoms with Crippen molar-refractivity contribution in [2.75, 3.05) is 7.11 Å². The molecule has 0 bridgehead atoms. The van der Waals surface area contributed by atoms with Crippen molar-refractivity contribution in [2.45, 2.75) is 38.5 Å². The van der Waals surface area contributed by atoms with Crippen LogP contribution in [-0.2, 0) is 10.2 Å². The number of phenolic OH excluding ortho intramolecular Hbond substituents is 1. The largest absolute Gasteiger partial charge is 0.504 e. The van der Waals surface area contributed by atoms with E-state index in [4.69, 9.17) is 4.74 Å². The highest BCUT2D eigenvalue weighted by Crippen LogP contribution is 2.47. The highest BCUT2D eigenvalue weighted by atomic mass is 127. The molecule has 1 saturated carbocycles. The van der Waals surface area contributed by atoms with Gasteiger partial charge in [-0.1, -0.05) is 45.0 Å². The summed E-state index contributed by atoms with van der Waals surface area (Å²) in [6, 6.07) is 12.0. The molecule has 0 spiro atoms. The second kappa shape index (κ2) is 8.11. The van der Waals surface area contributed by atoms with Gasteiger partial charge in [0.05, 0.1) is 16.9 Å². The Morgan fingerprint density at radius 3 is 2.57 bits per heavy atom. The van der Waals surface area contributed by atoms with E-state index >= 15 is 0 Å². The molecule has 0 aliphatic heterocycles. The second-order valence-electron chi connectivity index (χ2n) is 8.11. The molecular weight excluding hydrogens is 467 g/mol. The van der Waals surface area contributed by atoms with Crippen LogP contribution in [-0.4, -0.2) is 24.3 Å². The minimum Gasteiger partial charge on any atom is -0.504 e. The fourth-order valence-corrected chi connectivity index (χ4v) is 3.79. The molecule has 3 rings (SSSR count). The highest BCUT2D eigenvalue weighted by Gasteiger charge is 2.44. The number of methoxy groups -OCH3 is 1. The summed E-state index contributed by atoms with van der Waals surface area (Å²) < 4.78 is 5.79. The maximum atomic E-state index is 12.4. The Kier molecular flexibility index (Phi) is 5.98. The van der Waals surface area contributed by atoms with E-state index in [1.54, 1.807) is 18.3 Å². The first-order valence-corrected chi connectivity index (χ1v) is 10.3. The van der Waals surface area contributed by atoms with Gasteiger partial charge in [0, 0.05) is 5.92 Å². The van der Waals surface area contributed by atoms with E-state index in [9.17, 15) is 9.90 Å². The van der Waals surface area contributed by atoms with Crippen molar-refractivity contribution in [3.05, 3.63) is 56.7 Å². The average molecular weight is 492 g/mol. The number of nitrogens with zero attached hydrogens (tertiary/aromatic N) is 1. The molecule has 148 valence electrons. The van der Waals surface area contributed by atoms with Crippen molar-refractivity contribution in [3.8, 4) is 11.5 Å². The van der Waals surface area contributed by atoms with Crippen LogP contribution >= 0.6 is 22.6 Å². The maximum absolute atomic E-state index is 12.4. The minimum absolute atomic E-state index is 0.0351. The predicted molar refractivity (Wildman–Crippen MR) is 119 cm³/mol. The van der Waals surface area contributed by atoms with Crippen LogP contribution in [0.4, 0.5) is 0 Å². The number of hydrazone groups is 1. The van der Waals surface area contributed by atoms with Crippen LogP contribution in [0.25, 0.3) is 0 Å². The van der Waals surface area contributed by atoms with Crippen LogP contribution in [0.3, 0.4) is 0 Å². The lowest BCUT2D eigenvalue weighted by Gasteiger charge is -2.19. The van der Waals surface area contributed by atoms with E-state index in [1.807, 2.05) is 22.6 Å². The molecule has 28 heavy (non-hydrogen) atoms. The molecule has 0 aromatic heterocycles. The third-order valence-electron chi connectivity index (χ3n) is 4.99. The Hall–Kier alpha value is -2.09. The lowest BCUT2D eigenvalue weighted by molar-refractivity contribution is -0.122. The molecule has 0 saturated heterocycles. The zero-order valence-corrected chi connectivity index (χ0v) is 18.6. The number of halogens is 1. The Bertz CT molecular complexity index is 901. The predicted octanol–water partition coefficient (Wildman–Crippen LogP) is 4.56. The highest BCUT2D eigenvalue weighted by molar-refractivity contribution is 14.1. The Labute approximate surface area is 179 Å². The molecule has 1 amide bonds. The first-order valence-electron chi connectivity index (χ1n) is 9.20. The van der Waals surface area contributed by atoms with Gasteiger partial charge in [-0.2, -0.15) is 5.10 Å². The molecule has 2 N–H and O–H groups in total. The molecule has 0 radical (unpaired) electrons. The number of hydrogen-bond acceptors (Lipinski definition) is 4. The summed E-state index contributed by atoms with van der Waals surface area (Å²) in [4.78, 5) is 12.4. The van der Waals surface area contributed by atoms with Gasteiger partial charge in [-0.25, -0.2) is 5.43 Å². The zero-order valence-electron chi connectivity index (χ0n) is 16.5. The van der Waals surface area contributed by atoms with Gasteiger partial charge in [0.1, 0.15) is 0 Å². The molecule has 1 aliphatic rings. The first kappa shape index (κ1) is 20.6. The van der Waals surface area contributed by atoms with E-state index in [2.05, 4.69) is 55.6 Å². The van der Waals surface area contributed by atoms with Gasteiger partial charge in [0.25, 0.3) is 0 Å². The lowest BCUT2D eigenvalue weighted by atomic mass is 9.86. The molecule has 6 heteroatoms. The van der Waals surface area contributed by atoms with Gasteiger partial charge >= 0.3 is 0 Å². The van der Waals surface area contributed by atoms with Crippen LogP contribution in [0.2, 0.25) is 0 Å². The van der Waals surface area contributed by atoms with Crippen LogP contribution in [0, 0.1) is 9.49 Å². The normalized spacial score (nSPS) is 18.9. The summed E-state index contributed by atoms with van der Waals surface area (Å²) in [6.45, 7) is 6.58. The SMILES string of the molecule is COc1cc(/C=N\NC(=O)C2CC2c2ccc(C(C)(C)C)cc2)cc(I)c1O. The molecule has 5 nitrogen and oxygen atoms in total. The summed E-state index contributed by atoms with van der Waals surface area (Å²) >= 11 is 2.02. The maximum Gasteiger partial charge on any atom is 0.243 e. The lowest BCUT2D eigenvalue weighted by Crippen LogP contribution is -2.20. The van der Waals surface area contributed by atoms with Gasteiger partial charge in [-0.15, -0.1) is 0 Å². The van der Waals surface area contributed by atoms with E-state index < -0.39 is 0 Å². The monoisotopic (exact) mass is 492 g/mol. The smallest absolute Gasteiger partial charge is 0.243 e. The Balaban J connectivity index is 1.58. The molecular formula is C22H25IN2O3. The number of rotatable bonds is 5. The third kappa shape index (κ3) is 4.66. The Morgan fingerprint density at radius 2 is 1.96 bits per heavy atom. The average Bonchev–Trinajstić information content (AvgIpc) is 3.44. The van der Waals surface area contributed by atoms with Gasteiger partial charge in [0.2, 0.25) is 5.91 Å². The summed E-state index contributed by atoms with van der Waals surface area (Å²) in [5.74, 6) is 0.635. The van der Waals surface area contributed by atoms with Crippen LogP contribution in [0.5, 0.6) is 11.5 Å². The third-order valence-corrected chi connectivity index (χ3v) is 5.81. The van der Waals surface area contributed by atoms with Crippen LogP contribution in [0.15, 0.2) is 41.5 Å². The quantitative estimate of drug-likeness (QED) is 0.366. The summed E-state index contributed by atoms with van der Waals surface area (Å²) in [6.07, 6.45) is 2.40. The topological polar surface area (TPSA) is 70.9 Å². The number of aromatic hydroxyl groups is 1. The molecule has 2 unspecified atom stereocenters. The number of ether oxygens (including phenoxy) is 1. The summed E-state index contributed by atoms with van der Waals surface area (Å²) in [5.41, 5.74) is 5.99. The summed E-state index contributed by atoms with van der Waals surface area (Å²) in [7, 11) is 1.50. The molecule has 1 aliphatic carbocycles. The molecule has 2 aromatic rings. The number of carbonyl (C=O) groups excluding carboxylic acids is 1. The van der Waals surface area contributed by atoms with Crippen molar-refractivity contribution in [3.63, 3.8) is 0 Å². The van der Waals surface area contributed by atoms with Crippen molar-refractivity contribution in [1.82, 2.24) is 5.43 Å². The number of amides is 1. The zero-order chi connectivity index (χ0) is 20.5. The minimum atomic E-state index is -0.0680. The van der Waals surface area contributed by atoms with Crippen LogP contribution in [0.1, 0.15) is 49.8 Å². The van der Waals surface area contributed by atoms with E-state index in [1.165, 1.54) is 18.2 Å². The first-order chi connectivity index (χ1) is 13.2. The number of hydrogen-bond donors (Lipinski definition) is 2. The van der Waals surface area contributed by atoms with E-state index in [0.29, 0.717) is 9.32 Å². The van der Waals surface area contributed by atoms with Crippen molar-refractivity contribution >= 4 is 34.7 Å². The standard InChI is InChI=1S/C22H25IN2O3/c1-22(2,3)15-7-5-14(6-8-15)16-11-17(16)21(27)25-24-12-13-9-18(23)20(26)19(10-13)28-4/h5-10,12,16-17,26H,11H2,1-4H3,(H,25,27)/b24-12-. The molecule has 2 aromatic carbocycles. The number of nitrogens with one attached hydrogen (secondary N) is 1. The van der Waals surface area contributed by atoms with Crippen molar-refractivity contribution < 1.29 is 14.6 Å². The molecule has 1 fully saturated rings. The molecule has 2 atom stereocenters. The van der Waals surface area contributed by atoms with Crippen LogP contribution < -0.4 is 10.2 Å². The number of benzene rings is 2. The fraction of sp³-hybridized carbons (Fsp3) is 0.364. The number of phenols is 1. The van der Waals surface area contributed by atoms with Gasteiger partial charge in [0.15, 0.2) is 11.5 Å². The van der Waals surface area contributed by atoms with E-state index in [0.717, 1.165) is 12.0 Å². The molecule has 0 heterocycles. The van der Waals surface area contributed by atoms with E-state index in [-0.39, 0.29) is 28.9 Å². The Morgan fingerprint density at radius 1 is 1.29 bits per heavy atom.